The molecule has 1 aliphatic rings. The van der Waals surface area contributed by atoms with Gasteiger partial charge in [0.25, 0.3) is 0 Å². The van der Waals surface area contributed by atoms with Gasteiger partial charge in [-0.05, 0) is 58.7 Å². The molecule has 26 heavy (non-hydrogen) atoms. The van der Waals surface area contributed by atoms with E-state index in [1.165, 1.54) is 22.3 Å². The predicted octanol–water partition coefficient (Wildman–Crippen LogP) is 6.31. The second-order valence-corrected chi connectivity index (χ2v) is 6.93. The zero-order chi connectivity index (χ0) is 18.1. The molecule has 0 amide bonds. The molecule has 0 radical (unpaired) electrons. The van der Waals surface area contributed by atoms with Crippen LogP contribution in [-0.4, -0.2) is 7.11 Å². The largest absolute Gasteiger partial charge is 0.497 e. The normalized spacial score (nSPS) is 16.4. The lowest BCUT2D eigenvalue weighted by Crippen LogP contribution is -2.27. The molecule has 0 aromatic heterocycles. The van der Waals surface area contributed by atoms with Crippen molar-refractivity contribution in [2.24, 2.45) is 0 Å². The highest BCUT2D eigenvalue weighted by atomic mass is 35.5. The topological polar surface area (TPSA) is 21.3 Å². The molecule has 4 rings (SSSR count). The van der Waals surface area contributed by atoms with Gasteiger partial charge < -0.3 is 10.1 Å². The molecule has 0 saturated heterocycles. The Bertz CT molecular complexity index is 931. The second kappa shape index (κ2) is 6.89. The number of nitrogens with one attached hydrogen (secondary N) is 1. The summed E-state index contributed by atoms with van der Waals surface area (Å²) >= 11 is 6.10. The van der Waals surface area contributed by atoms with Crippen molar-refractivity contribution in [1.82, 2.24) is 0 Å². The van der Waals surface area contributed by atoms with Crippen LogP contribution in [0.3, 0.4) is 0 Å². The maximum absolute atomic E-state index is 6.10. The van der Waals surface area contributed by atoms with Crippen LogP contribution in [-0.2, 0) is 0 Å². The molecule has 0 saturated carbocycles. The highest BCUT2D eigenvalue weighted by Crippen LogP contribution is 2.52. The third-order valence-electron chi connectivity index (χ3n) is 4.99. The van der Waals surface area contributed by atoms with Crippen LogP contribution in [0, 0.1) is 0 Å². The molecule has 0 aliphatic heterocycles. The average Bonchev–Trinajstić information content (AvgIpc) is 2.68. The van der Waals surface area contributed by atoms with Crippen molar-refractivity contribution >= 4 is 22.9 Å². The lowest BCUT2D eigenvalue weighted by Gasteiger charge is -2.40. The van der Waals surface area contributed by atoms with Crippen molar-refractivity contribution in [2.75, 3.05) is 12.4 Å². The van der Waals surface area contributed by atoms with Gasteiger partial charge in [0.05, 0.1) is 13.2 Å². The molecule has 0 fully saturated rings. The number of methoxy groups -OCH3 is 1. The van der Waals surface area contributed by atoms with E-state index in [2.05, 4.69) is 48.3 Å². The molecule has 3 heteroatoms. The number of rotatable bonds is 5. The van der Waals surface area contributed by atoms with E-state index in [1.54, 1.807) is 7.11 Å². The number of ether oxygens (including phenoxy) is 1. The van der Waals surface area contributed by atoms with Crippen LogP contribution < -0.4 is 10.1 Å². The summed E-state index contributed by atoms with van der Waals surface area (Å²) in [4.78, 5) is 0. The van der Waals surface area contributed by atoms with Crippen molar-refractivity contribution in [3.8, 4) is 5.75 Å². The Morgan fingerprint density at radius 1 is 0.962 bits per heavy atom. The Morgan fingerprint density at radius 3 is 2.35 bits per heavy atom. The summed E-state index contributed by atoms with van der Waals surface area (Å²) in [5.41, 5.74) is 5.99. The minimum Gasteiger partial charge on any atom is -0.497 e. The number of hydrogen-bond acceptors (Lipinski definition) is 2. The van der Waals surface area contributed by atoms with Crippen molar-refractivity contribution in [2.45, 2.75) is 12.0 Å². The van der Waals surface area contributed by atoms with Crippen molar-refractivity contribution in [3.05, 3.63) is 101 Å². The van der Waals surface area contributed by atoms with Gasteiger partial charge in [0, 0.05) is 16.6 Å². The van der Waals surface area contributed by atoms with Gasteiger partial charge in [0.2, 0.25) is 0 Å². The third kappa shape index (κ3) is 2.97. The first-order valence-electron chi connectivity index (χ1n) is 8.61. The van der Waals surface area contributed by atoms with Crippen LogP contribution in [0.5, 0.6) is 5.75 Å². The summed E-state index contributed by atoms with van der Waals surface area (Å²) in [6, 6.07) is 24.6. The fourth-order valence-electron chi connectivity index (χ4n) is 3.61. The third-order valence-corrected chi connectivity index (χ3v) is 5.24. The van der Waals surface area contributed by atoms with Crippen LogP contribution in [0.4, 0.5) is 5.69 Å². The first-order valence-corrected chi connectivity index (χ1v) is 8.99. The Labute approximate surface area is 159 Å². The Morgan fingerprint density at radius 2 is 1.65 bits per heavy atom. The summed E-state index contributed by atoms with van der Waals surface area (Å²) in [5, 5.41) is 4.42. The molecule has 0 bridgehead atoms. The fraction of sp³-hybridized carbons (Fsp3) is 0.130. The predicted molar refractivity (Wildman–Crippen MR) is 109 cm³/mol. The molecule has 0 unspecified atom stereocenters. The minimum atomic E-state index is 0.0862. The molecule has 0 heterocycles. The summed E-state index contributed by atoms with van der Waals surface area (Å²) in [6.45, 7) is 4.33. The van der Waals surface area contributed by atoms with E-state index in [0.29, 0.717) is 0 Å². The van der Waals surface area contributed by atoms with Gasteiger partial charge in [-0.2, -0.15) is 0 Å². The first-order chi connectivity index (χ1) is 12.7. The van der Waals surface area contributed by atoms with Crippen LogP contribution in [0.1, 0.15) is 28.7 Å². The number of halogens is 1. The highest BCUT2D eigenvalue weighted by molar-refractivity contribution is 6.30. The zero-order valence-electron chi connectivity index (χ0n) is 14.6. The molecule has 3 aromatic carbocycles. The summed E-state index contributed by atoms with van der Waals surface area (Å²) in [5.74, 6) is 1.08. The van der Waals surface area contributed by atoms with E-state index in [9.17, 15) is 0 Å². The number of benzene rings is 3. The Balaban J connectivity index is 1.70. The fourth-order valence-corrected chi connectivity index (χ4v) is 3.74. The van der Waals surface area contributed by atoms with E-state index < -0.39 is 0 Å². The molecular formula is C23H20ClNO. The van der Waals surface area contributed by atoms with Gasteiger partial charge in [-0.25, -0.2) is 0 Å². The molecule has 130 valence electrons. The zero-order valence-corrected chi connectivity index (χ0v) is 15.3. The van der Waals surface area contributed by atoms with E-state index >= 15 is 0 Å². The first kappa shape index (κ1) is 16.7. The van der Waals surface area contributed by atoms with Gasteiger partial charge in [0.15, 0.2) is 0 Å². The average molecular weight is 362 g/mol. The van der Waals surface area contributed by atoms with E-state index in [4.69, 9.17) is 16.3 Å². The maximum atomic E-state index is 6.10. The van der Waals surface area contributed by atoms with E-state index in [-0.39, 0.29) is 12.0 Å². The van der Waals surface area contributed by atoms with Gasteiger partial charge >= 0.3 is 0 Å². The van der Waals surface area contributed by atoms with Crippen molar-refractivity contribution in [1.29, 1.82) is 0 Å². The number of hydrogen-bond donors (Lipinski definition) is 1. The van der Waals surface area contributed by atoms with Crippen LogP contribution >= 0.6 is 11.6 Å². The summed E-state index contributed by atoms with van der Waals surface area (Å²) in [6.07, 6.45) is 0. The highest BCUT2D eigenvalue weighted by Gasteiger charge is 2.37. The minimum absolute atomic E-state index is 0.0862. The molecule has 2 atom stereocenters. The monoisotopic (exact) mass is 361 g/mol. The number of fused-ring (bicyclic) bond motifs is 1. The van der Waals surface area contributed by atoms with E-state index in [1.807, 2.05) is 36.4 Å². The summed E-state index contributed by atoms with van der Waals surface area (Å²) in [7, 11) is 1.67. The number of anilines is 1. The van der Waals surface area contributed by atoms with Crippen LogP contribution in [0.15, 0.2) is 79.4 Å². The molecule has 1 N–H and O–H groups in total. The molecule has 1 aliphatic carbocycles. The lowest BCUT2D eigenvalue weighted by molar-refractivity contribution is 0.415. The molecule has 3 aromatic rings. The summed E-state index contributed by atoms with van der Waals surface area (Å²) < 4.78 is 5.26. The smallest absolute Gasteiger partial charge is 0.119 e. The van der Waals surface area contributed by atoms with Crippen LogP contribution in [0.25, 0.3) is 5.57 Å². The van der Waals surface area contributed by atoms with Gasteiger partial charge in [-0.3, -0.25) is 0 Å². The molecular weight excluding hydrogens is 342 g/mol. The maximum Gasteiger partial charge on any atom is 0.119 e. The lowest BCUT2D eigenvalue weighted by atomic mass is 9.68. The van der Waals surface area contributed by atoms with Crippen LogP contribution in [0.2, 0.25) is 5.02 Å². The standard InChI is InChI=1S/C23H20ClNO/c1-15-20-5-3-4-6-21(20)22(15)23(16-7-9-17(24)10-8-16)25-18-11-13-19(26-2)14-12-18/h3-14,22-23,25H,1H2,2H3/t22-,23+/m0/s1. The van der Waals surface area contributed by atoms with E-state index in [0.717, 1.165) is 16.5 Å². The van der Waals surface area contributed by atoms with Gasteiger partial charge in [-0.1, -0.05) is 54.6 Å². The Hall–Kier alpha value is -2.71. The molecule has 0 spiro atoms. The van der Waals surface area contributed by atoms with Gasteiger partial charge in [-0.15, -0.1) is 0 Å². The van der Waals surface area contributed by atoms with Crippen molar-refractivity contribution < 1.29 is 4.74 Å². The van der Waals surface area contributed by atoms with Crippen molar-refractivity contribution in [3.63, 3.8) is 0 Å². The SMILES string of the molecule is C=C1c2ccccc2[C@H]1[C@H](Nc1ccc(OC)cc1)c1ccc(Cl)cc1. The van der Waals surface area contributed by atoms with Gasteiger partial charge in [0.1, 0.15) is 5.75 Å². The second-order valence-electron chi connectivity index (χ2n) is 6.49. The Kier molecular flexibility index (Phi) is 4.44. The molecule has 2 nitrogen and oxygen atoms in total. The quantitative estimate of drug-likeness (QED) is 0.574.